The van der Waals surface area contributed by atoms with E-state index in [-0.39, 0.29) is 17.5 Å². The molecule has 2 aromatic carbocycles. The van der Waals surface area contributed by atoms with Gasteiger partial charge in [-0.05, 0) is 74.8 Å². The van der Waals surface area contributed by atoms with Gasteiger partial charge in [-0.15, -0.1) is 0 Å². The highest BCUT2D eigenvalue weighted by molar-refractivity contribution is 5.92. The van der Waals surface area contributed by atoms with E-state index in [1.54, 1.807) is 30.3 Å². The molecule has 4 aromatic rings. The number of aromatic nitrogens is 3. The van der Waals surface area contributed by atoms with Gasteiger partial charge in [-0.1, -0.05) is 12.1 Å². The molecule has 0 spiro atoms. The number of aromatic carboxylic acids is 1. The minimum Gasteiger partial charge on any atom is -0.478 e. The Bertz CT molecular complexity index is 1650. The van der Waals surface area contributed by atoms with Crippen LogP contribution in [0.4, 0.5) is 10.2 Å². The van der Waals surface area contributed by atoms with Gasteiger partial charge in [0, 0.05) is 37.4 Å². The lowest BCUT2D eigenvalue weighted by molar-refractivity contribution is -0.0592. The van der Waals surface area contributed by atoms with Crippen LogP contribution in [0, 0.1) is 17.1 Å². The van der Waals surface area contributed by atoms with Crippen LogP contribution in [0.2, 0.25) is 0 Å². The Kier molecular flexibility index (Phi) is 7.87. The number of halogens is 1. The van der Waals surface area contributed by atoms with Crippen molar-refractivity contribution in [2.45, 2.75) is 50.9 Å². The number of carbonyl (C=O) groups is 1. The fourth-order valence-electron chi connectivity index (χ4n) is 5.81. The summed E-state index contributed by atoms with van der Waals surface area (Å²) in [6, 6.07) is 17.6. The van der Waals surface area contributed by atoms with E-state index in [1.165, 1.54) is 6.07 Å². The first-order valence-corrected chi connectivity index (χ1v) is 14.3. The van der Waals surface area contributed by atoms with E-state index in [1.807, 2.05) is 30.1 Å². The molecule has 216 valence electrons. The topological polar surface area (TPSA) is 108 Å². The summed E-state index contributed by atoms with van der Waals surface area (Å²) in [5.74, 6) is 0.699. The van der Waals surface area contributed by atoms with Gasteiger partial charge in [-0.2, -0.15) is 5.26 Å². The Hall–Kier alpha value is -4.33. The third kappa shape index (κ3) is 5.84. The molecule has 4 heterocycles. The molecule has 0 aliphatic carbocycles. The van der Waals surface area contributed by atoms with Gasteiger partial charge >= 0.3 is 5.97 Å². The number of likely N-dealkylation sites (tertiary alicyclic amines) is 1. The minimum absolute atomic E-state index is 0.130. The average Bonchev–Trinajstić information content (AvgIpc) is 3.32. The molecule has 2 aliphatic heterocycles. The number of hydrogen-bond donors (Lipinski definition) is 1. The van der Waals surface area contributed by atoms with Crippen LogP contribution in [0.3, 0.4) is 0 Å². The zero-order chi connectivity index (χ0) is 29.2. The first kappa shape index (κ1) is 27.8. The van der Waals surface area contributed by atoms with E-state index in [0.29, 0.717) is 36.7 Å². The van der Waals surface area contributed by atoms with Crippen LogP contribution in [0.25, 0.3) is 11.0 Å². The molecule has 10 heteroatoms. The predicted octanol–water partition coefficient (Wildman–Crippen LogP) is 4.95. The Morgan fingerprint density at radius 1 is 1.14 bits per heavy atom. The highest BCUT2D eigenvalue weighted by Gasteiger charge is 2.26. The second-order valence-corrected chi connectivity index (χ2v) is 11.2. The van der Waals surface area contributed by atoms with E-state index < -0.39 is 5.97 Å². The minimum atomic E-state index is -0.946. The third-order valence-electron chi connectivity index (χ3n) is 8.36. The molecule has 0 radical (unpaired) electrons. The second-order valence-electron chi connectivity index (χ2n) is 11.2. The normalized spacial score (nSPS) is 17.6. The van der Waals surface area contributed by atoms with E-state index in [2.05, 4.69) is 15.5 Å². The highest BCUT2D eigenvalue weighted by atomic mass is 19.1. The van der Waals surface area contributed by atoms with Crippen molar-refractivity contribution in [2.24, 2.45) is 0 Å². The first-order valence-electron chi connectivity index (χ1n) is 14.3. The molecule has 2 aliphatic rings. The van der Waals surface area contributed by atoms with Crippen LogP contribution in [-0.2, 0) is 24.4 Å². The van der Waals surface area contributed by atoms with Gasteiger partial charge in [0.2, 0.25) is 0 Å². The number of rotatable bonds is 9. The van der Waals surface area contributed by atoms with Gasteiger partial charge in [0.1, 0.15) is 17.5 Å². The molecule has 6 rings (SSSR count). The molecule has 0 saturated carbocycles. The number of ether oxygens (including phenoxy) is 1. The Balaban J connectivity index is 1.12. The van der Waals surface area contributed by atoms with Gasteiger partial charge in [0.15, 0.2) is 0 Å². The lowest BCUT2D eigenvalue weighted by Crippen LogP contribution is -2.35. The van der Waals surface area contributed by atoms with Crippen molar-refractivity contribution in [3.05, 3.63) is 88.6 Å². The lowest BCUT2D eigenvalue weighted by Gasteiger charge is -2.32. The first-order chi connectivity index (χ1) is 20.4. The molecule has 0 bridgehead atoms. The second kappa shape index (κ2) is 11.9. The number of carboxylic acid groups (broad SMARTS) is 1. The molecular weight excluding hydrogens is 535 g/mol. The van der Waals surface area contributed by atoms with Gasteiger partial charge in [-0.3, -0.25) is 4.90 Å². The van der Waals surface area contributed by atoms with Gasteiger partial charge in [-0.25, -0.2) is 19.2 Å². The zero-order valence-corrected chi connectivity index (χ0v) is 23.5. The van der Waals surface area contributed by atoms with Crippen molar-refractivity contribution in [3.63, 3.8) is 0 Å². The quantitative estimate of drug-likeness (QED) is 0.302. The number of anilines is 1. The number of nitriles is 1. The third-order valence-corrected chi connectivity index (χ3v) is 8.36. The molecule has 0 amide bonds. The maximum absolute atomic E-state index is 14.5. The fourth-order valence-corrected chi connectivity index (χ4v) is 5.81. The van der Waals surface area contributed by atoms with Crippen molar-refractivity contribution in [3.8, 4) is 6.07 Å². The number of benzene rings is 2. The number of pyridine rings is 1. The summed E-state index contributed by atoms with van der Waals surface area (Å²) in [6.45, 7) is 4.26. The molecule has 2 fully saturated rings. The number of carboxylic acids is 1. The van der Waals surface area contributed by atoms with Crippen LogP contribution < -0.4 is 4.90 Å². The monoisotopic (exact) mass is 568 g/mol. The van der Waals surface area contributed by atoms with Crippen molar-refractivity contribution in [1.82, 2.24) is 19.4 Å². The van der Waals surface area contributed by atoms with Crippen molar-refractivity contribution < 1.29 is 19.0 Å². The SMILES string of the molecule is CN(Cc1ccc(C#N)cc1F)c1cccc(C2CCN(Cc3nc4ccc(C(=O)O)cc4n3C[C@@H]3CCO3)CC2)n1. The summed E-state index contributed by atoms with van der Waals surface area (Å²) in [5, 5.41) is 18.5. The number of hydrogen-bond acceptors (Lipinski definition) is 7. The number of imidazole rings is 1. The van der Waals surface area contributed by atoms with Crippen LogP contribution in [0.5, 0.6) is 0 Å². The number of fused-ring (bicyclic) bond motifs is 1. The fraction of sp³-hybridized carbons (Fsp3) is 0.375. The van der Waals surface area contributed by atoms with E-state index >= 15 is 0 Å². The molecule has 0 unspecified atom stereocenters. The van der Waals surface area contributed by atoms with Crippen LogP contribution >= 0.6 is 0 Å². The summed E-state index contributed by atoms with van der Waals surface area (Å²) in [7, 11) is 1.90. The maximum Gasteiger partial charge on any atom is 0.335 e. The maximum atomic E-state index is 14.5. The molecule has 2 saturated heterocycles. The van der Waals surface area contributed by atoms with Gasteiger partial charge < -0.3 is 19.3 Å². The Morgan fingerprint density at radius 2 is 1.95 bits per heavy atom. The number of nitrogens with zero attached hydrogens (tertiary/aromatic N) is 6. The smallest absolute Gasteiger partial charge is 0.335 e. The lowest BCUT2D eigenvalue weighted by atomic mass is 9.93. The van der Waals surface area contributed by atoms with E-state index in [9.17, 15) is 14.3 Å². The summed E-state index contributed by atoms with van der Waals surface area (Å²) < 4.78 is 22.3. The van der Waals surface area contributed by atoms with Crippen molar-refractivity contribution in [2.75, 3.05) is 31.6 Å². The molecule has 9 nitrogen and oxygen atoms in total. The summed E-state index contributed by atoms with van der Waals surface area (Å²) >= 11 is 0. The summed E-state index contributed by atoms with van der Waals surface area (Å²) in [4.78, 5) is 25.7. The predicted molar refractivity (Wildman–Crippen MR) is 156 cm³/mol. The molecular formula is C32H33FN6O3. The average molecular weight is 569 g/mol. The van der Waals surface area contributed by atoms with Gasteiger partial charge in [0.05, 0.1) is 47.4 Å². The van der Waals surface area contributed by atoms with Crippen molar-refractivity contribution in [1.29, 1.82) is 5.26 Å². The Labute approximate surface area is 243 Å². The summed E-state index contributed by atoms with van der Waals surface area (Å²) in [5.41, 5.74) is 3.76. The van der Waals surface area contributed by atoms with Crippen LogP contribution in [-0.4, -0.2) is 63.4 Å². The zero-order valence-electron chi connectivity index (χ0n) is 23.5. The molecule has 42 heavy (non-hydrogen) atoms. The van der Waals surface area contributed by atoms with Crippen molar-refractivity contribution >= 4 is 22.8 Å². The van der Waals surface area contributed by atoms with E-state index in [4.69, 9.17) is 20.0 Å². The molecule has 1 atom stereocenters. The van der Waals surface area contributed by atoms with Crippen LogP contribution in [0.1, 0.15) is 58.2 Å². The van der Waals surface area contributed by atoms with E-state index in [0.717, 1.165) is 67.3 Å². The molecule has 1 N–H and O–H groups in total. The van der Waals surface area contributed by atoms with Crippen LogP contribution in [0.15, 0.2) is 54.6 Å². The highest BCUT2D eigenvalue weighted by Crippen LogP contribution is 2.30. The number of piperidine rings is 1. The van der Waals surface area contributed by atoms with Gasteiger partial charge in [0.25, 0.3) is 0 Å². The molecule has 2 aromatic heterocycles. The largest absolute Gasteiger partial charge is 0.478 e. The standard InChI is InChI=1S/C32H33FN6O3/c1-37(18-24-6-5-21(17-34)15-26(24)33)30-4-2-3-27(35-30)22-9-12-38(13-10-22)20-31-36-28-8-7-23(32(40)41)16-29(28)39(31)19-25-11-14-42-25/h2-8,15-16,22,25H,9-14,18-20H2,1H3,(H,40,41)/t25-/m0/s1. The Morgan fingerprint density at radius 3 is 2.64 bits per heavy atom. The summed E-state index contributed by atoms with van der Waals surface area (Å²) in [6.07, 6.45) is 3.04.